The first-order chi connectivity index (χ1) is 13.6. The Hall–Kier alpha value is -3.21. The van der Waals surface area contributed by atoms with Crippen LogP contribution in [0.4, 0.5) is 5.82 Å². The van der Waals surface area contributed by atoms with Crippen molar-refractivity contribution in [3.05, 3.63) is 30.0 Å². The van der Waals surface area contributed by atoms with Gasteiger partial charge in [0.15, 0.2) is 11.7 Å². The van der Waals surface area contributed by atoms with Crippen molar-refractivity contribution in [2.75, 3.05) is 31.7 Å². The Labute approximate surface area is 163 Å². The van der Waals surface area contributed by atoms with Crippen molar-refractivity contribution in [1.29, 1.82) is 5.26 Å². The van der Waals surface area contributed by atoms with Gasteiger partial charge in [0.1, 0.15) is 5.69 Å². The molecular weight excluding hydrogens is 360 g/mol. The number of nitrogens with zero attached hydrogens (tertiary/aromatic N) is 4. The molecule has 8 heteroatoms. The van der Waals surface area contributed by atoms with Crippen molar-refractivity contribution in [3.63, 3.8) is 0 Å². The van der Waals surface area contributed by atoms with Crippen molar-refractivity contribution >= 4 is 28.8 Å². The molecule has 1 aliphatic heterocycles. The van der Waals surface area contributed by atoms with Crippen LogP contribution in [0.3, 0.4) is 0 Å². The molecule has 1 fully saturated rings. The van der Waals surface area contributed by atoms with Crippen molar-refractivity contribution < 1.29 is 19.1 Å². The number of benzene rings is 1. The lowest BCUT2D eigenvalue weighted by Crippen LogP contribution is -2.40. The zero-order chi connectivity index (χ0) is 20.1. The summed E-state index contributed by atoms with van der Waals surface area (Å²) < 4.78 is 9.94. The molecule has 1 aliphatic rings. The molecule has 0 unspecified atom stereocenters. The lowest BCUT2D eigenvalue weighted by Gasteiger charge is -2.33. The van der Waals surface area contributed by atoms with Gasteiger partial charge in [0.2, 0.25) is 0 Å². The molecule has 0 N–H and O–H groups in total. The van der Waals surface area contributed by atoms with Gasteiger partial charge in [0.05, 0.1) is 36.7 Å². The monoisotopic (exact) mass is 382 g/mol. The Morgan fingerprint density at radius 1 is 1.32 bits per heavy atom. The molecule has 0 saturated carbocycles. The van der Waals surface area contributed by atoms with Crippen LogP contribution in [0.15, 0.2) is 24.3 Å². The summed E-state index contributed by atoms with van der Waals surface area (Å²) in [6.07, 6.45) is 1.50. The first-order valence-corrected chi connectivity index (χ1v) is 9.24. The molecule has 0 amide bonds. The van der Waals surface area contributed by atoms with Gasteiger partial charge in [0.25, 0.3) is 0 Å². The van der Waals surface area contributed by atoms with E-state index in [4.69, 9.17) is 9.47 Å². The first kappa shape index (κ1) is 19.5. The molecule has 0 bridgehead atoms. The minimum Gasteiger partial charge on any atom is -0.468 e. The Morgan fingerprint density at radius 3 is 2.68 bits per heavy atom. The number of methoxy groups -OCH3 is 1. The van der Waals surface area contributed by atoms with Crippen LogP contribution in [-0.2, 0) is 19.1 Å². The van der Waals surface area contributed by atoms with Crippen LogP contribution in [0.2, 0.25) is 0 Å². The average molecular weight is 382 g/mol. The normalized spacial score (nSPS) is 17.6. The summed E-state index contributed by atoms with van der Waals surface area (Å²) in [4.78, 5) is 35.5. The number of piperidine rings is 1. The molecule has 146 valence electrons. The zero-order valence-corrected chi connectivity index (χ0v) is 15.9. The Kier molecular flexibility index (Phi) is 6.04. The van der Waals surface area contributed by atoms with E-state index in [0.717, 1.165) is 12.8 Å². The maximum Gasteiger partial charge on any atom is 0.329 e. The smallest absolute Gasteiger partial charge is 0.329 e. The number of ether oxygens (including phenoxy) is 2. The van der Waals surface area contributed by atoms with Gasteiger partial charge in [0, 0.05) is 13.1 Å². The van der Waals surface area contributed by atoms with E-state index in [1.165, 1.54) is 7.11 Å². The maximum atomic E-state index is 12.2. The van der Waals surface area contributed by atoms with Gasteiger partial charge >= 0.3 is 11.9 Å². The number of nitriles is 1. The van der Waals surface area contributed by atoms with Gasteiger partial charge < -0.3 is 14.4 Å². The lowest BCUT2D eigenvalue weighted by atomic mass is 9.97. The number of hydrogen-bond donors (Lipinski definition) is 0. The van der Waals surface area contributed by atoms with Crippen LogP contribution >= 0.6 is 0 Å². The highest BCUT2D eigenvalue weighted by Crippen LogP contribution is 2.31. The van der Waals surface area contributed by atoms with E-state index in [9.17, 15) is 14.9 Å². The summed E-state index contributed by atoms with van der Waals surface area (Å²) in [5.41, 5.74) is 1.49. The summed E-state index contributed by atoms with van der Waals surface area (Å²) in [5, 5.41) is 9.57. The Bertz CT molecular complexity index is 924. The van der Waals surface area contributed by atoms with Gasteiger partial charge in [-0.3, -0.25) is 9.59 Å². The van der Waals surface area contributed by atoms with E-state index >= 15 is 0 Å². The van der Waals surface area contributed by atoms with Crippen molar-refractivity contribution in [2.45, 2.75) is 25.7 Å². The molecule has 2 atom stereocenters. The number of rotatable bonds is 5. The average Bonchev–Trinajstić information content (AvgIpc) is 2.73. The molecule has 8 nitrogen and oxygen atoms in total. The standard InChI is InChI=1S/C20H22N4O4/c1-3-28-19(25)13-7-6-10-24(12-13)18-17(14(11-21)20(26)27-2)22-15-8-4-5-9-16(15)23-18/h4-5,8-9,13-14H,3,6-7,10,12H2,1-2H3/t13-,14-/m0/s1. The third-order valence-corrected chi connectivity index (χ3v) is 4.76. The summed E-state index contributed by atoms with van der Waals surface area (Å²) in [5.74, 6) is -1.97. The summed E-state index contributed by atoms with van der Waals surface area (Å²) in [7, 11) is 1.23. The number of aromatic nitrogens is 2. The van der Waals surface area contributed by atoms with Crippen molar-refractivity contribution in [2.24, 2.45) is 5.92 Å². The fourth-order valence-corrected chi connectivity index (χ4v) is 3.40. The number of carbonyl (C=O) groups is 2. The minimum atomic E-state index is -1.19. The summed E-state index contributed by atoms with van der Waals surface area (Å²) in [6.45, 7) is 3.15. The van der Waals surface area contributed by atoms with Crippen LogP contribution < -0.4 is 4.90 Å². The number of hydrogen-bond acceptors (Lipinski definition) is 8. The van der Waals surface area contributed by atoms with Crippen LogP contribution in [0.5, 0.6) is 0 Å². The Morgan fingerprint density at radius 2 is 2.04 bits per heavy atom. The number of fused-ring (bicyclic) bond motifs is 1. The number of anilines is 1. The Balaban J connectivity index is 2.05. The van der Waals surface area contributed by atoms with E-state index in [1.807, 2.05) is 29.2 Å². The van der Waals surface area contributed by atoms with Gasteiger partial charge in [-0.1, -0.05) is 12.1 Å². The van der Waals surface area contributed by atoms with E-state index in [-0.39, 0.29) is 17.6 Å². The highest BCUT2D eigenvalue weighted by Gasteiger charge is 2.33. The quantitative estimate of drug-likeness (QED) is 0.725. The third-order valence-electron chi connectivity index (χ3n) is 4.76. The van der Waals surface area contributed by atoms with Gasteiger partial charge in [-0.2, -0.15) is 5.26 Å². The summed E-state index contributed by atoms with van der Waals surface area (Å²) >= 11 is 0. The topological polar surface area (TPSA) is 105 Å². The zero-order valence-electron chi connectivity index (χ0n) is 15.9. The van der Waals surface area contributed by atoms with Crippen LogP contribution in [0.1, 0.15) is 31.4 Å². The van der Waals surface area contributed by atoms with Gasteiger partial charge in [-0.15, -0.1) is 0 Å². The van der Waals surface area contributed by atoms with E-state index in [2.05, 4.69) is 9.97 Å². The van der Waals surface area contributed by atoms with Crippen LogP contribution in [-0.4, -0.2) is 48.7 Å². The molecule has 1 aromatic heterocycles. The summed E-state index contributed by atoms with van der Waals surface area (Å²) in [6, 6.07) is 9.23. The maximum absolute atomic E-state index is 12.2. The van der Waals surface area contributed by atoms with Crippen molar-refractivity contribution in [3.8, 4) is 6.07 Å². The van der Waals surface area contributed by atoms with E-state index < -0.39 is 11.9 Å². The van der Waals surface area contributed by atoms with Gasteiger partial charge in [-0.25, -0.2) is 9.97 Å². The SMILES string of the molecule is CCOC(=O)[C@H]1CCCN(c2nc3ccccc3nc2[C@H](C#N)C(=O)OC)C1. The van der Waals surface area contributed by atoms with Crippen LogP contribution in [0.25, 0.3) is 11.0 Å². The number of esters is 2. The van der Waals surface area contributed by atoms with E-state index in [0.29, 0.717) is 36.5 Å². The molecule has 28 heavy (non-hydrogen) atoms. The fraction of sp³-hybridized carbons (Fsp3) is 0.450. The predicted molar refractivity (Wildman–Crippen MR) is 101 cm³/mol. The molecule has 2 aromatic rings. The second-order valence-electron chi connectivity index (χ2n) is 6.54. The van der Waals surface area contributed by atoms with E-state index in [1.54, 1.807) is 13.0 Å². The molecule has 2 heterocycles. The number of carbonyl (C=O) groups excluding carboxylic acids is 2. The fourth-order valence-electron chi connectivity index (χ4n) is 3.40. The third kappa shape index (κ3) is 3.88. The second kappa shape index (κ2) is 8.65. The molecule has 0 aliphatic carbocycles. The van der Waals surface area contributed by atoms with Crippen molar-refractivity contribution in [1.82, 2.24) is 9.97 Å². The molecule has 3 rings (SSSR count). The lowest BCUT2D eigenvalue weighted by molar-refractivity contribution is -0.148. The minimum absolute atomic E-state index is 0.243. The number of para-hydroxylation sites is 2. The van der Waals surface area contributed by atoms with Crippen LogP contribution in [0, 0.1) is 17.2 Å². The molecule has 0 spiro atoms. The molecule has 1 aromatic carbocycles. The molecule has 0 radical (unpaired) electrons. The largest absolute Gasteiger partial charge is 0.468 e. The second-order valence-corrected chi connectivity index (χ2v) is 6.54. The predicted octanol–water partition coefficient (Wildman–Crippen LogP) is 2.19. The first-order valence-electron chi connectivity index (χ1n) is 9.24. The molecule has 1 saturated heterocycles. The highest BCUT2D eigenvalue weighted by atomic mass is 16.5. The highest BCUT2D eigenvalue weighted by molar-refractivity contribution is 5.85. The molecular formula is C20H22N4O4. The van der Waals surface area contributed by atoms with Gasteiger partial charge in [-0.05, 0) is 31.9 Å².